The van der Waals surface area contributed by atoms with E-state index in [-0.39, 0.29) is 17.7 Å². The van der Waals surface area contributed by atoms with Crippen LogP contribution < -0.4 is 15.5 Å². The summed E-state index contributed by atoms with van der Waals surface area (Å²) >= 11 is 0. The number of fused-ring (bicyclic) bond motifs is 2. The average molecular weight is 576 g/mol. The molecule has 0 saturated carbocycles. The third-order valence-electron chi connectivity index (χ3n) is 8.55. The number of anilines is 4. The fourth-order valence-electron chi connectivity index (χ4n) is 6.10. The molecule has 3 N–H and O–H groups in total. The predicted molar refractivity (Wildman–Crippen MR) is 166 cm³/mol. The van der Waals surface area contributed by atoms with Crippen LogP contribution in [0.2, 0.25) is 0 Å². The maximum atomic E-state index is 13.7. The van der Waals surface area contributed by atoms with E-state index < -0.39 is 0 Å². The number of aromatic amines is 1. The summed E-state index contributed by atoms with van der Waals surface area (Å²) in [7, 11) is 3.92. The Bertz CT molecular complexity index is 1890. The van der Waals surface area contributed by atoms with Crippen LogP contribution in [0.3, 0.4) is 0 Å². The predicted octanol–water partition coefficient (Wildman–Crippen LogP) is 4.77. The van der Waals surface area contributed by atoms with E-state index in [1.807, 2.05) is 76.6 Å². The molecular weight excluding hydrogens is 542 g/mol. The van der Waals surface area contributed by atoms with Gasteiger partial charge in [-0.3, -0.25) is 14.3 Å². The van der Waals surface area contributed by atoms with Crippen LogP contribution in [0.25, 0.3) is 22.2 Å². The van der Waals surface area contributed by atoms with Gasteiger partial charge in [-0.15, -0.1) is 0 Å². The Labute approximate surface area is 248 Å². The van der Waals surface area contributed by atoms with Gasteiger partial charge in [-0.05, 0) is 57.6 Å². The standard InChI is InChI=1S/C32H33N9O2/c1-18-14-34-32(36-27-13-19(2)40(4)38-27)37-28(18)23-15-33-29-21(23)7-6-10-26(29)41-17-24-22(31(41)43)8-5-9-25(24)35-30(42)20-11-12-39(3)16-20/h5-10,13-15,20,33H,11-12,16-17H2,1-4H3,(H,35,42)(H,34,36,37,38). The topological polar surface area (TPSA) is 124 Å². The van der Waals surface area contributed by atoms with Crippen molar-refractivity contribution in [1.82, 2.24) is 29.6 Å². The van der Waals surface area contributed by atoms with Crippen LogP contribution in [0, 0.1) is 19.8 Å². The Hall–Kier alpha value is -5.03. The monoisotopic (exact) mass is 575 g/mol. The molecule has 43 heavy (non-hydrogen) atoms. The van der Waals surface area contributed by atoms with Gasteiger partial charge in [0.25, 0.3) is 5.91 Å². The highest BCUT2D eigenvalue weighted by molar-refractivity contribution is 6.15. The molecule has 2 aromatic carbocycles. The third-order valence-corrected chi connectivity index (χ3v) is 8.55. The average Bonchev–Trinajstić information content (AvgIpc) is 3.77. The van der Waals surface area contributed by atoms with Crippen LogP contribution in [-0.4, -0.2) is 61.6 Å². The molecule has 218 valence electrons. The molecule has 2 aliphatic heterocycles. The fourth-order valence-corrected chi connectivity index (χ4v) is 6.10. The van der Waals surface area contributed by atoms with Crippen LogP contribution in [0.4, 0.5) is 23.1 Å². The van der Waals surface area contributed by atoms with Crippen LogP contribution in [-0.2, 0) is 18.4 Å². The highest BCUT2D eigenvalue weighted by Crippen LogP contribution is 2.39. The fraction of sp³-hybridized carbons (Fsp3) is 0.281. The molecule has 11 heteroatoms. The second-order valence-corrected chi connectivity index (χ2v) is 11.5. The number of carbonyl (C=O) groups is 2. The van der Waals surface area contributed by atoms with Gasteiger partial charge < -0.3 is 25.4 Å². The zero-order chi connectivity index (χ0) is 29.8. The van der Waals surface area contributed by atoms with Gasteiger partial charge in [0.05, 0.1) is 29.4 Å². The van der Waals surface area contributed by atoms with E-state index in [4.69, 9.17) is 4.98 Å². The van der Waals surface area contributed by atoms with Crippen molar-refractivity contribution in [3.63, 3.8) is 0 Å². The molecule has 0 bridgehead atoms. The zero-order valence-corrected chi connectivity index (χ0v) is 24.6. The Balaban J connectivity index is 1.19. The molecule has 0 radical (unpaired) electrons. The summed E-state index contributed by atoms with van der Waals surface area (Å²) in [5.74, 6) is 0.995. The molecule has 1 unspecified atom stereocenters. The SMILES string of the molecule is Cc1cnc(Nc2cc(C)n(C)n2)nc1-c1c[nH]c2c(N3Cc4c(NC(=O)C5CCN(C)C5)cccc4C3=O)cccc12. The first-order chi connectivity index (χ1) is 20.8. The number of hydrogen-bond acceptors (Lipinski definition) is 7. The summed E-state index contributed by atoms with van der Waals surface area (Å²) in [5, 5.41) is 11.7. The molecular formula is C32H33N9O2. The number of rotatable bonds is 6. The van der Waals surface area contributed by atoms with E-state index in [0.29, 0.717) is 29.6 Å². The van der Waals surface area contributed by atoms with E-state index >= 15 is 0 Å². The van der Waals surface area contributed by atoms with E-state index in [1.54, 1.807) is 15.8 Å². The van der Waals surface area contributed by atoms with Crippen LogP contribution in [0.15, 0.2) is 54.9 Å². The zero-order valence-electron chi connectivity index (χ0n) is 24.6. The third kappa shape index (κ3) is 4.71. The lowest BCUT2D eigenvalue weighted by atomic mass is 10.1. The Morgan fingerprint density at radius 2 is 1.93 bits per heavy atom. The molecule has 11 nitrogen and oxygen atoms in total. The summed E-state index contributed by atoms with van der Waals surface area (Å²) < 4.78 is 1.79. The molecule has 1 fully saturated rings. The Morgan fingerprint density at radius 3 is 2.70 bits per heavy atom. The second-order valence-electron chi connectivity index (χ2n) is 11.5. The van der Waals surface area contributed by atoms with E-state index in [2.05, 4.69) is 30.6 Å². The lowest BCUT2D eigenvalue weighted by molar-refractivity contribution is -0.119. The number of likely N-dealkylation sites (tertiary alicyclic amines) is 1. The van der Waals surface area contributed by atoms with Crippen molar-refractivity contribution in [2.24, 2.45) is 13.0 Å². The minimum atomic E-state index is -0.0919. The Morgan fingerprint density at radius 1 is 1.09 bits per heavy atom. The molecule has 5 aromatic rings. The van der Waals surface area contributed by atoms with Crippen LogP contribution in [0.5, 0.6) is 0 Å². The number of nitrogens with zero attached hydrogens (tertiary/aromatic N) is 6. The van der Waals surface area contributed by atoms with Gasteiger partial charge >= 0.3 is 0 Å². The van der Waals surface area contributed by atoms with Gasteiger partial charge in [-0.1, -0.05) is 18.2 Å². The van der Waals surface area contributed by atoms with Gasteiger partial charge in [0, 0.05) is 65.5 Å². The van der Waals surface area contributed by atoms with E-state index in [0.717, 1.165) is 64.2 Å². The van der Waals surface area contributed by atoms with Crippen molar-refractivity contribution >= 4 is 45.9 Å². The van der Waals surface area contributed by atoms with Gasteiger partial charge in [0.15, 0.2) is 5.82 Å². The van der Waals surface area contributed by atoms with Gasteiger partial charge in [0.2, 0.25) is 11.9 Å². The summed E-state index contributed by atoms with van der Waals surface area (Å²) in [6.45, 7) is 5.99. The van der Waals surface area contributed by atoms with Crippen LogP contribution >= 0.6 is 0 Å². The molecule has 2 aliphatic rings. The number of hydrogen-bond donors (Lipinski definition) is 3. The van der Waals surface area contributed by atoms with Crippen molar-refractivity contribution < 1.29 is 9.59 Å². The highest BCUT2D eigenvalue weighted by atomic mass is 16.2. The summed E-state index contributed by atoms with van der Waals surface area (Å²) in [4.78, 5) is 43.4. The number of carbonyl (C=O) groups excluding carboxylic acids is 2. The maximum Gasteiger partial charge on any atom is 0.259 e. The first kappa shape index (κ1) is 26.8. The molecule has 0 aliphatic carbocycles. The van der Waals surface area contributed by atoms with Crippen molar-refractivity contribution in [3.8, 4) is 11.3 Å². The highest BCUT2D eigenvalue weighted by Gasteiger charge is 2.33. The van der Waals surface area contributed by atoms with E-state index in [1.165, 1.54) is 0 Å². The molecule has 0 spiro atoms. The number of aromatic nitrogens is 5. The largest absolute Gasteiger partial charge is 0.359 e. The number of benzene rings is 2. The first-order valence-electron chi connectivity index (χ1n) is 14.4. The molecule has 3 aromatic heterocycles. The summed E-state index contributed by atoms with van der Waals surface area (Å²) in [5.41, 5.74) is 7.40. The summed E-state index contributed by atoms with van der Waals surface area (Å²) in [6, 6.07) is 13.4. The number of nitrogens with one attached hydrogen (secondary N) is 3. The minimum absolute atomic E-state index is 0.00650. The van der Waals surface area contributed by atoms with Crippen molar-refractivity contribution in [2.45, 2.75) is 26.8 Å². The maximum absolute atomic E-state index is 13.7. The molecule has 1 atom stereocenters. The molecule has 1 saturated heterocycles. The lowest BCUT2D eigenvalue weighted by Crippen LogP contribution is -2.26. The quantitative estimate of drug-likeness (QED) is 0.266. The normalized spacial score (nSPS) is 16.7. The van der Waals surface area contributed by atoms with Crippen molar-refractivity contribution in [1.29, 1.82) is 0 Å². The molecule has 5 heterocycles. The molecule has 2 amide bonds. The lowest BCUT2D eigenvalue weighted by Gasteiger charge is -2.17. The number of para-hydroxylation sites is 1. The number of aryl methyl sites for hydroxylation is 3. The van der Waals surface area contributed by atoms with Crippen molar-refractivity contribution in [3.05, 3.63) is 77.2 Å². The second kappa shape index (κ2) is 10.4. The van der Waals surface area contributed by atoms with Crippen LogP contribution in [0.1, 0.15) is 33.6 Å². The van der Waals surface area contributed by atoms with Crippen molar-refractivity contribution in [2.75, 3.05) is 35.7 Å². The van der Waals surface area contributed by atoms with Gasteiger partial charge in [-0.25, -0.2) is 9.97 Å². The number of amides is 2. The van der Waals surface area contributed by atoms with E-state index in [9.17, 15) is 9.59 Å². The van der Waals surface area contributed by atoms with Gasteiger partial charge in [-0.2, -0.15) is 5.10 Å². The minimum Gasteiger partial charge on any atom is -0.359 e. The Kier molecular flexibility index (Phi) is 6.46. The summed E-state index contributed by atoms with van der Waals surface area (Å²) in [6.07, 6.45) is 4.56. The molecule has 7 rings (SSSR count). The number of H-pyrrole nitrogens is 1. The first-order valence-corrected chi connectivity index (χ1v) is 14.4. The smallest absolute Gasteiger partial charge is 0.259 e. The van der Waals surface area contributed by atoms with Gasteiger partial charge in [0.1, 0.15) is 0 Å².